The van der Waals surface area contributed by atoms with Crippen LogP contribution in [0.25, 0.3) is 0 Å². The fourth-order valence-corrected chi connectivity index (χ4v) is 6.63. The van der Waals surface area contributed by atoms with Crippen molar-refractivity contribution in [2.45, 2.75) is 45.1 Å². The summed E-state index contributed by atoms with van der Waals surface area (Å²) in [5, 5.41) is 17.9. The van der Waals surface area contributed by atoms with Crippen molar-refractivity contribution < 1.29 is 18.4 Å². The van der Waals surface area contributed by atoms with E-state index in [0.717, 1.165) is 18.9 Å². The highest BCUT2D eigenvalue weighted by Crippen LogP contribution is 2.38. The van der Waals surface area contributed by atoms with Crippen LogP contribution in [0.1, 0.15) is 50.3 Å². The SMILES string of the molecule is CC(C)C(=O)N1CCN(C(=O)[C@@H]2CN(c3ccc(C#N)nn3)C[C@H]2c2ccc(F)cc2F)CCC[C@H]1C1C=CC(Cl)=CC1. The van der Waals surface area contributed by atoms with Gasteiger partial charge in [-0.05, 0) is 49.1 Å². The van der Waals surface area contributed by atoms with Gasteiger partial charge < -0.3 is 14.7 Å². The lowest BCUT2D eigenvalue weighted by Gasteiger charge is -2.41. The van der Waals surface area contributed by atoms with Gasteiger partial charge >= 0.3 is 0 Å². The molecule has 1 aliphatic carbocycles. The summed E-state index contributed by atoms with van der Waals surface area (Å²) in [7, 11) is 0. The molecule has 3 heterocycles. The number of hydrogen-bond donors (Lipinski definition) is 0. The summed E-state index contributed by atoms with van der Waals surface area (Å²) in [5.74, 6) is -2.23. The summed E-state index contributed by atoms with van der Waals surface area (Å²) < 4.78 is 28.9. The summed E-state index contributed by atoms with van der Waals surface area (Å²) in [4.78, 5) is 33.2. The Balaban J connectivity index is 1.39. The van der Waals surface area contributed by atoms with Gasteiger partial charge in [-0.2, -0.15) is 5.26 Å². The van der Waals surface area contributed by atoms with Crippen molar-refractivity contribution >= 4 is 29.2 Å². The lowest BCUT2D eigenvalue weighted by atomic mass is 9.86. The molecule has 8 nitrogen and oxygen atoms in total. The normalized spacial score (nSPS) is 24.4. The van der Waals surface area contributed by atoms with Crippen LogP contribution in [0.4, 0.5) is 14.6 Å². The average Bonchev–Trinajstić information content (AvgIpc) is 3.42. The summed E-state index contributed by atoms with van der Waals surface area (Å²) in [6.07, 6.45) is 8.15. The number of allylic oxidation sites excluding steroid dienone is 3. The number of hydrogen-bond acceptors (Lipinski definition) is 6. The van der Waals surface area contributed by atoms with Crippen LogP contribution >= 0.6 is 11.6 Å². The van der Waals surface area contributed by atoms with Gasteiger partial charge in [-0.25, -0.2) is 8.78 Å². The predicted octanol–water partition coefficient (Wildman–Crippen LogP) is 5.02. The second-order valence-electron chi connectivity index (χ2n) is 11.7. The number of nitrogens with zero attached hydrogens (tertiary/aromatic N) is 6. The number of anilines is 1. The Kier molecular flexibility index (Phi) is 9.40. The van der Waals surface area contributed by atoms with Crippen LogP contribution in [0.5, 0.6) is 0 Å². The highest BCUT2D eigenvalue weighted by atomic mass is 35.5. The molecular weight excluding hydrogens is 574 g/mol. The lowest BCUT2D eigenvalue weighted by molar-refractivity contribution is -0.142. The van der Waals surface area contributed by atoms with Crippen LogP contribution < -0.4 is 4.90 Å². The highest BCUT2D eigenvalue weighted by molar-refractivity contribution is 6.31. The van der Waals surface area contributed by atoms with Gasteiger partial charge in [-0.15, -0.1) is 10.2 Å². The Morgan fingerprint density at radius 2 is 1.91 bits per heavy atom. The highest BCUT2D eigenvalue weighted by Gasteiger charge is 2.43. The first-order chi connectivity index (χ1) is 20.7. The molecule has 0 saturated carbocycles. The van der Waals surface area contributed by atoms with Crippen molar-refractivity contribution in [1.29, 1.82) is 5.26 Å². The smallest absolute Gasteiger partial charge is 0.228 e. The van der Waals surface area contributed by atoms with Crippen LogP contribution in [-0.4, -0.2) is 70.6 Å². The fraction of sp³-hybridized carbons (Fsp3) is 0.469. The van der Waals surface area contributed by atoms with Gasteiger partial charge in [0.2, 0.25) is 11.8 Å². The molecule has 0 spiro atoms. The molecule has 0 N–H and O–H groups in total. The monoisotopic (exact) mass is 608 g/mol. The van der Waals surface area contributed by atoms with E-state index in [-0.39, 0.29) is 54.0 Å². The maximum atomic E-state index is 15.1. The number of carbonyl (C=O) groups excluding carboxylic acids is 2. The van der Waals surface area contributed by atoms with Gasteiger partial charge in [0, 0.05) is 67.6 Å². The van der Waals surface area contributed by atoms with Gasteiger partial charge in [-0.3, -0.25) is 9.59 Å². The summed E-state index contributed by atoms with van der Waals surface area (Å²) in [5.41, 5.74) is 0.433. The Morgan fingerprint density at radius 1 is 1.09 bits per heavy atom. The summed E-state index contributed by atoms with van der Waals surface area (Å²) in [6.45, 7) is 5.56. The van der Waals surface area contributed by atoms with Crippen molar-refractivity contribution in [3.05, 3.63) is 76.5 Å². The van der Waals surface area contributed by atoms with Crippen LogP contribution in [0, 0.1) is 40.7 Å². The van der Waals surface area contributed by atoms with Crippen molar-refractivity contribution in [1.82, 2.24) is 20.0 Å². The van der Waals surface area contributed by atoms with Crippen molar-refractivity contribution in [2.24, 2.45) is 17.8 Å². The zero-order valence-corrected chi connectivity index (χ0v) is 25.1. The molecule has 2 aliphatic heterocycles. The van der Waals surface area contributed by atoms with Crippen LogP contribution in [0.2, 0.25) is 0 Å². The number of aromatic nitrogens is 2. The molecule has 2 aromatic rings. The standard InChI is InChI=1S/C32H35ClF2N6O2/c1-20(2)31(42)41-15-14-39(13-3-4-29(41)21-5-7-22(33)8-6-21)32(43)27-19-40(30-12-10-24(17-36)37-38-30)18-26(27)25-11-9-23(34)16-28(25)35/h5,7-12,16,20-21,26-27,29H,3-4,6,13-15,18-19H2,1-2H3/t21?,26-,27+,29-/m0/s1. The Hall–Kier alpha value is -3.84. The van der Waals surface area contributed by atoms with Gasteiger partial charge in [0.1, 0.15) is 17.7 Å². The molecule has 3 aliphatic rings. The van der Waals surface area contributed by atoms with Gasteiger partial charge in [0.25, 0.3) is 0 Å². The van der Waals surface area contributed by atoms with Crippen LogP contribution in [0.15, 0.2) is 53.6 Å². The second-order valence-corrected chi connectivity index (χ2v) is 12.2. The number of amides is 2. The van der Waals surface area contributed by atoms with Gasteiger partial charge in [-0.1, -0.05) is 43.7 Å². The Bertz CT molecular complexity index is 1460. The van der Waals surface area contributed by atoms with Crippen molar-refractivity contribution in [3.8, 4) is 6.07 Å². The first-order valence-electron chi connectivity index (χ1n) is 14.7. The molecule has 4 atom stereocenters. The topological polar surface area (TPSA) is 93.4 Å². The molecule has 2 amide bonds. The van der Waals surface area contributed by atoms with Crippen LogP contribution in [0.3, 0.4) is 0 Å². The molecule has 11 heteroatoms. The first-order valence-corrected chi connectivity index (χ1v) is 15.1. The second kappa shape index (κ2) is 13.2. The molecule has 0 radical (unpaired) electrons. The van der Waals surface area contributed by atoms with Crippen molar-refractivity contribution in [3.63, 3.8) is 0 Å². The minimum atomic E-state index is -0.700. The van der Waals surface area contributed by atoms with E-state index in [0.29, 0.717) is 36.9 Å². The average molecular weight is 609 g/mol. The number of rotatable bonds is 5. The minimum absolute atomic E-state index is 0.00223. The third-order valence-electron chi connectivity index (χ3n) is 8.70. The number of nitriles is 1. The largest absolute Gasteiger partial charge is 0.354 e. The van der Waals surface area contributed by atoms with Gasteiger partial charge in [0.05, 0.1) is 5.92 Å². The van der Waals surface area contributed by atoms with E-state index in [1.165, 1.54) is 12.1 Å². The molecule has 1 aromatic carbocycles. The minimum Gasteiger partial charge on any atom is -0.354 e. The molecular formula is C32H35ClF2N6O2. The lowest BCUT2D eigenvalue weighted by Crippen LogP contribution is -2.53. The Morgan fingerprint density at radius 3 is 2.56 bits per heavy atom. The number of carbonyl (C=O) groups is 2. The van der Waals surface area contributed by atoms with Crippen LogP contribution in [-0.2, 0) is 9.59 Å². The zero-order valence-electron chi connectivity index (χ0n) is 24.3. The van der Waals surface area contributed by atoms with E-state index < -0.39 is 23.5 Å². The summed E-state index contributed by atoms with van der Waals surface area (Å²) in [6, 6.07) is 8.60. The van der Waals surface area contributed by atoms with Crippen molar-refractivity contribution in [2.75, 3.05) is 37.6 Å². The molecule has 5 rings (SSSR count). The van der Waals surface area contributed by atoms with E-state index in [1.807, 2.05) is 41.9 Å². The first kappa shape index (κ1) is 30.6. The molecule has 1 aromatic heterocycles. The van der Waals surface area contributed by atoms with E-state index >= 15 is 4.39 Å². The fourth-order valence-electron chi connectivity index (χ4n) is 6.47. The molecule has 1 unspecified atom stereocenters. The van der Waals surface area contributed by atoms with Gasteiger partial charge in [0.15, 0.2) is 11.5 Å². The maximum Gasteiger partial charge on any atom is 0.228 e. The number of benzene rings is 1. The summed E-state index contributed by atoms with van der Waals surface area (Å²) >= 11 is 6.17. The van der Waals surface area contributed by atoms with E-state index in [4.69, 9.17) is 16.9 Å². The predicted molar refractivity (Wildman–Crippen MR) is 159 cm³/mol. The quantitative estimate of drug-likeness (QED) is 0.473. The molecule has 226 valence electrons. The molecule has 2 saturated heterocycles. The van der Waals surface area contributed by atoms with E-state index in [1.54, 1.807) is 17.0 Å². The third-order valence-corrected chi connectivity index (χ3v) is 8.98. The van der Waals surface area contributed by atoms with E-state index in [2.05, 4.69) is 16.3 Å². The Labute approximate surface area is 255 Å². The molecule has 43 heavy (non-hydrogen) atoms. The molecule has 2 fully saturated rings. The zero-order chi connectivity index (χ0) is 30.7. The van der Waals surface area contributed by atoms with E-state index in [9.17, 15) is 14.0 Å². The maximum absolute atomic E-state index is 15.1. The number of halogens is 3. The molecule has 0 bridgehead atoms. The third kappa shape index (κ3) is 6.72.